The Kier molecular flexibility index (Phi) is 8.32. The molecule has 3 aliphatic heterocycles. The van der Waals surface area contributed by atoms with Crippen molar-refractivity contribution >= 4 is 17.8 Å². The molecule has 38 heavy (non-hydrogen) atoms. The van der Waals surface area contributed by atoms with Crippen molar-refractivity contribution in [1.29, 1.82) is 0 Å². The maximum Gasteiger partial charge on any atom is 0.410 e. The zero-order valence-corrected chi connectivity index (χ0v) is 24.2. The third kappa shape index (κ3) is 6.10. The van der Waals surface area contributed by atoms with E-state index in [1.165, 1.54) is 5.57 Å². The van der Waals surface area contributed by atoms with Crippen molar-refractivity contribution in [3.05, 3.63) is 11.6 Å². The van der Waals surface area contributed by atoms with Crippen molar-refractivity contribution < 1.29 is 33.3 Å². The van der Waals surface area contributed by atoms with E-state index in [1.807, 2.05) is 20.8 Å². The number of carbonyl (C=O) groups is 3. The number of ketones is 1. The van der Waals surface area contributed by atoms with Crippen LogP contribution in [-0.4, -0.2) is 97.0 Å². The zero-order valence-electron chi connectivity index (χ0n) is 24.2. The fraction of sp³-hybridized carbons (Fsp3) is 0.828. The second-order valence-electron chi connectivity index (χ2n) is 12.8. The lowest BCUT2D eigenvalue weighted by atomic mass is 9.68. The van der Waals surface area contributed by atoms with Gasteiger partial charge in [0.1, 0.15) is 29.2 Å². The molecule has 9 heteroatoms. The van der Waals surface area contributed by atoms with E-state index < -0.39 is 5.41 Å². The molecule has 1 saturated carbocycles. The molecular formula is C29H46N2O7. The molecule has 4 fully saturated rings. The van der Waals surface area contributed by atoms with E-state index in [0.29, 0.717) is 39.2 Å². The molecule has 9 nitrogen and oxygen atoms in total. The van der Waals surface area contributed by atoms with Gasteiger partial charge in [0.25, 0.3) is 0 Å². The zero-order chi connectivity index (χ0) is 27.9. The lowest BCUT2D eigenvalue weighted by Gasteiger charge is -2.43. The van der Waals surface area contributed by atoms with E-state index in [0.717, 1.165) is 12.8 Å². The third-order valence-corrected chi connectivity index (χ3v) is 8.78. The summed E-state index contributed by atoms with van der Waals surface area (Å²) in [6.45, 7) is 14.3. The number of rotatable bonds is 8. The van der Waals surface area contributed by atoms with E-state index in [4.69, 9.17) is 18.9 Å². The highest BCUT2D eigenvalue weighted by Gasteiger charge is 2.72. The molecule has 0 N–H and O–H groups in total. The van der Waals surface area contributed by atoms with Crippen LogP contribution in [0.5, 0.6) is 0 Å². The number of Topliss-reactive ketones (excluding diaryl/α,β-unsaturated/α-hetero) is 1. The summed E-state index contributed by atoms with van der Waals surface area (Å²) in [4.78, 5) is 41.3. The summed E-state index contributed by atoms with van der Waals surface area (Å²) in [5, 5.41) is 0. The van der Waals surface area contributed by atoms with E-state index in [1.54, 1.807) is 16.9 Å². The minimum absolute atomic E-state index is 0.0209. The molecule has 4 aliphatic rings. The molecule has 214 valence electrons. The van der Waals surface area contributed by atoms with Gasteiger partial charge in [-0.05, 0) is 40.0 Å². The molecule has 1 aliphatic carbocycles. The van der Waals surface area contributed by atoms with Crippen LogP contribution in [0, 0.1) is 11.3 Å². The number of methoxy groups -OCH3 is 1. The first-order valence-corrected chi connectivity index (χ1v) is 14.1. The van der Waals surface area contributed by atoms with Crippen LogP contribution in [0.2, 0.25) is 0 Å². The van der Waals surface area contributed by atoms with Crippen molar-refractivity contribution in [3.63, 3.8) is 0 Å². The van der Waals surface area contributed by atoms with Crippen LogP contribution in [0.25, 0.3) is 0 Å². The monoisotopic (exact) mass is 534 g/mol. The Morgan fingerprint density at radius 3 is 2.24 bits per heavy atom. The Morgan fingerprint density at radius 1 is 1.05 bits per heavy atom. The lowest BCUT2D eigenvalue weighted by Crippen LogP contribution is -2.57. The summed E-state index contributed by atoms with van der Waals surface area (Å²) in [6, 6.07) is 0. The van der Waals surface area contributed by atoms with Gasteiger partial charge in [-0.3, -0.25) is 9.59 Å². The summed E-state index contributed by atoms with van der Waals surface area (Å²) in [5.74, 6) is 0.0197. The molecule has 0 unspecified atom stereocenters. The Balaban J connectivity index is 1.31. The van der Waals surface area contributed by atoms with E-state index in [9.17, 15) is 14.4 Å². The van der Waals surface area contributed by atoms with Crippen molar-refractivity contribution in [2.24, 2.45) is 11.3 Å². The topological polar surface area (TPSA) is 101 Å². The van der Waals surface area contributed by atoms with Crippen molar-refractivity contribution in [2.75, 3.05) is 39.9 Å². The summed E-state index contributed by atoms with van der Waals surface area (Å²) in [7, 11) is 1.67. The Morgan fingerprint density at radius 2 is 1.68 bits per heavy atom. The Bertz CT molecular complexity index is 941. The predicted octanol–water partition coefficient (Wildman–Crippen LogP) is 3.74. The predicted molar refractivity (Wildman–Crippen MR) is 142 cm³/mol. The average Bonchev–Trinajstić information content (AvgIpc) is 3.78. The number of amides is 2. The van der Waals surface area contributed by atoms with Gasteiger partial charge in [-0.15, -0.1) is 0 Å². The molecule has 3 heterocycles. The van der Waals surface area contributed by atoms with Crippen LogP contribution in [0.4, 0.5) is 4.79 Å². The number of hydrogen-bond donors (Lipinski definition) is 0. The van der Waals surface area contributed by atoms with Crippen LogP contribution < -0.4 is 0 Å². The molecule has 6 atom stereocenters. The van der Waals surface area contributed by atoms with Gasteiger partial charge in [-0.2, -0.15) is 0 Å². The standard InChI is InChI=1S/C29H46N2O7/c1-19(2)8-10-22-28(6,38-22)25-24(35-7)20(12-13-29(25)18-36-29)37-26(34)31-16-14-30(15-17-31)23(33)11-9-21(32)27(3,4)5/h8,20,22,24-25H,9-18H2,1-7H3/t20-,22-,24-,25-,28+,29+/m1/s1. The van der Waals surface area contributed by atoms with Crippen LogP contribution in [0.3, 0.4) is 0 Å². The Labute approximate surface area is 227 Å². The second-order valence-corrected chi connectivity index (χ2v) is 12.8. The Hall–Kier alpha value is -1.97. The van der Waals surface area contributed by atoms with E-state index in [-0.39, 0.29) is 66.1 Å². The first-order valence-electron chi connectivity index (χ1n) is 14.1. The molecule has 0 aromatic heterocycles. The van der Waals surface area contributed by atoms with Crippen LogP contribution in [0.15, 0.2) is 11.6 Å². The minimum Gasteiger partial charge on any atom is -0.443 e. The van der Waals surface area contributed by atoms with Gasteiger partial charge in [-0.25, -0.2) is 4.79 Å². The first-order chi connectivity index (χ1) is 17.8. The second kappa shape index (κ2) is 10.9. The minimum atomic E-state index is -0.443. The lowest BCUT2D eigenvalue weighted by molar-refractivity contribution is -0.136. The largest absolute Gasteiger partial charge is 0.443 e. The van der Waals surface area contributed by atoms with Gasteiger partial charge in [0.05, 0.1) is 18.6 Å². The maximum absolute atomic E-state index is 13.2. The first kappa shape index (κ1) is 29.0. The van der Waals surface area contributed by atoms with Crippen LogP contribution in [0.1, 0.15) is 73.6 Å². The van der Waals surface area contributed by atoms with Gasteiger partial charge in [0.15, 0.2) is 0 Å². The van der Waals surface area contributed by atoms with E-state index in [2.05, 4.69) is 26.8 Å². The van der Waals surface area contributed by atoms with Crippen molar-refractivity contribution in [3.8, 4) is 0 Å². The van der Waals surface area contributed by atoms with Gasteiger partial charge in [0.2, 0.25) is 5.91 Å². The molecule has 1 spiro atoms. The van der Waals surface area contributed by atoms with Crippen molar-refractivity contribution in [2.45, 2.75) is 103 Å². The van der Waals surface area contributed by atoms with Gasteiger partial charge in [0, 0.05) is 51.5 Å². The normalized spacial score (nSPS) is 34.6. The summed E-state index contributed by atoms with van der Waals surface area (Å²) in [5.41, 5.74) is 0.175. The third-order valence-electron chi connectivity index (χ3n) is 8.78. The van der Waals surface area contributed by atoms with Crippen LogP contribution >= 0.6 is 0 Å². The molecule has 0 bridgehead atoms. The van der Waals surface area contributed by atoms with Gasteiger partial charge in [-0.1, -0.05) is 32.4 Å². The molecule has 0 radical (unpaired) electrons. The fourth-order valence-electron chi connectivity index (χ4n) is 6.17. The molecular weight excluding hydrogens is 488 g/mol. The summed E-state index contributed by atoms with van der Waals surface area (Å²) >= 11 is 0. The quantitative estimate of drug-likeness (QED) is 0.345. The SMILES string of the molecule is CO[C@@H]1[C@H](OC(=O)N2CCN(C(=O)CCC(=O)C(C)(C)C)CC2)CC[C@]2(CO2)[C@H]1[C@@]1(C)O[C@@H]1CC=C(C)C. The van der Waals surface area contributed by atoms with E-state index >= 15 is 0 Å². The van der Waals surface area contributed by atoms with Gasteiger partial charge >= 0.3 is 6.09 Å². The smallest absolute Gasteiger partial charge is 0.410 e. The summed E-state index contributed by atoms with van der Waals surface area (Å²) < 4.78 is 24.3. The number of epoxide rings is 2. The molecule has 0 aromatic carbocycles. The maximum atomic E-state index is 13.2. The number of piperazine rings is 1. The average molecular weight is 535 g/mol. The molecule has 4 rings (SSSR count). The number of allylic oxidation sites excluding steroid dienone is 1. The highest BCUT2D eigenvalue weighted by molar-refractivity contribution is 5.88. The highest BCUT2D eigenvalue weighted by Crippen LogP contribution is 2.59. The number of carbonyl (C=O) groups excluding carboxylic acids is 3. The highest BCUT2D eigenvalue weighted by atomic mass is 16.6. The molecule has 0 aromatic rings. The molecule has 3 saturated heterocycles. The number of ether oxygens (including phenoxy) is 4. The van der Waals surface area contributed by atoms with Crippen LogP contribution in [-0.2, 0) is 28.5 Å². The van der Waals surface area contributed by atoms with Crippen molar-refractivity contribution in [1.82, 2.24) is 9.80 Å². The number of nitrogens with zero attached hydrogens (tertiary/aromatic N) is 2. The van der Waals surface area contributed by atoms with Gasteiger partial charge < -0.3 is 28.7 Å². The number of hydrogen-bond acceptors (Lipinski definition) is 7. The summed E-state index contributed by atoms with van der Waals surface area (Å²) in [6.07, 6.45) is 4.00. The molecule has 2 amide bonds. The fourth-order valence-corrected chi connectivity index (χ4v) is 6.17.